The molecule has 0 saturated heterocycles. The summed E-state index contributed by atoms with van der Waals surface area (Å²) in [6.45, 7) is 5.44. The van der Waals surface area contributed by atoms with Gasteiger partial charge < -0.3 is 10.1 Å². The van der Waals surface area contributed by atoms with Crippen LogP contribution in [0, 0.1) is 0 Å². The molecule has 1 aromatic rings. The number of benzene rings is 1. The fourth-order valence-corrected chi connectivity index (χ4v) is 2.10. The van der Waals surface area contributed by atoms with E-state index >= 15 is 0 Å². The molecule has 0 heterocycles. The van der Waals surface area contributed by atoms with Crippen LogP contribution in [0.1, 0.15) is 39.2 Å². The quantitative estimate of drug-likeness (QED) is 0.417. The number of nitrogens with zero attached hydrogens (tertiary/aromatic N) is 1. The molecule has 0 aliphatic rings. The molecule has 0 fully saturated rings. The van der Waals surface area contributed by atoms with Crippen molar-refractivity contribution in [1.82, 2.24) is 10.4 Å². The molecule has 25 heavy (non-hydrogen) atoms. The molecule has 0 bridgehead atoms. The van der Waals surface area contributed by atoms with Crippen LogP contribution in [-0.4, -0.2) is 42.0 Å². The lowest BCUT2D eigenvalue weighted by Crippen LogP contribution is -2.45. The Hall–Kier alpha value is -2.41. The first-order chi connectivity index (χ1) is 11.8. The third kappa shape index (κ3) is 7.80. The highest BCUT2D eigenvalue weighted by Crippen LogP contribution is 2.13. The summed E-state index contributed by atoms with van der Waals surface area (Å²) >= 11 is 0. The topological polar surface area (TPSA) is 84.9 Å². The number of hydroxylamine groups is 2. The Morgan fingerprint density at radius 3 is 2.40 bits per heavy atom. The Balaban J connectivity index is 2.69. The van der Waals surface area contributed by atoms with Gasteiger partial charge in [-0.15, -0.1) is 0 Å². The molecular weight excluding hydrogens is 324 g/mol. The van der Waals surface area contributed by atoms with Crippen LogP contribution < -0.4 is 5.32 Å². The molecule has 7 heteroatoms. The van der Waals surface area contributed by atoms with Gasteiger partial charge in [-0.25, -0.2) is 5.06 Å². The van der Waals surface area contributed by atoms with E-state index < -0.39 is 23.5 Å². The first-order valence-electron chi connectivity index (χ1n) is 8.10. The van der Waals surface area contributed by atoms with Crippen molar-refractivity contribution >= 4 is 18.3 Å². The summed E-state index contributed by atoms with van der Waals surface area (Å²) in [5.74, 6) is -0.848. The van der Waals surface area contributed by atoms with E-state index in [0.29, 0.717) is 6.41 Å². The minimum Gasteiger partial charge on any atom is -0.460 e. The van der Waals surface area contributed by atoms with Crippen molar-refractivity contribution in [3.8, 4) is 0 Å². The maximum atomic E-state index is 12.1. The van der Waals surface area contributed by atoms with Crippen LogP contribution in [0.4, 0.5) is 0 Å². The van der Waals surface area contributed by atoms with Crippen LogP contribution >= 0.6 is 0 Å². The highest BCUT2D eigenvalue weighted by molar-refractivity contribution is 5.83. The summed E-state index contributed by atoms with van der Waals surface area (Å²) in [6.07, 6.45) is 0.536. The minimum atomic E-state index is -0.918. The Labute approximate surface area is 148 Å². The maximum Gasteiger partial charge on any atom is 0.306 e. The van der Waals surface area contributed by atoms with Crippen molar-refractivity contribution < 1.29 is 24.0 Å². The highest BCUT2D eigenvalue weighted by Gasteiger charge is 2.27. The number of hydrogen-bond acceptors (Lipinski definition) is 5. The second-order valence-electron chi connectivity index (χ2n) is 6.48. The molecule has 0 radical (unpaired) electrons. The molecule has 0 spiro atoms. The van der Waals surface area contributed by atoms with Gasteiger partial charge in [0, 0.05) is 13.5 Å². The number of rotatable bonds is 9. The number of nitrogens with one attached hydrogen (secondary N) is 1. The molecule has 2 amide bonds. The smallest absolute Gasteiger partial charge is 0.306 e. The van der Waals surface area contributed by atoms with Gasteiger partial charge in [0.1, 0.15) is 18.2 Å². The van der Waals surface area contributed by atoms with Gasteiger partial charge in [-0.3, -0.25) is 19.2 Å². The molecule has 0 aromatic heterocycles. The fraction of sp³-hybridized carbons (Fsp3) is 0.500. The van der Waals surface area contributed by atoms with Crippen molar-refractivity contribution in [3.05, 3.63) is 35.9 Å². The summed E-state index contributed by atoms with van der Waals surface area (Å²) in [4.78, 5) is 40.8. The minimum absolute atomic E-state index is 0.00556. The number of hydrogen-bond donors (Lipinski definition) is 1. The lowest BCUT2D eigenvalue weighted by atomic mass is 10.1. The molecule has 0 aliphatic carbocycles. The molecule has 1 atom stereocenters. The van der Waals surface area contributed by atoms with Crippen molar-refractivity contribution in [2.75, 3.05) is 7.05 Å². The van der Waals surface area contributed by atoms with Crippen LogP contribution in [0.5, 0.6) is 0 Å². The van der Waals surface area contributed by atoms with Crippen molar-refractivity contribution in [2.24, 2.45) is 0 Å². The highest BCUT2D eigenvalue weighted by atomic mass is 16.7. The molecular formula is C18H26N2O5. The third-order valence-electron chi connectivity index (χ3n) is 3.23. The van der Waals surface area contributed by atoms with Gasteiger partial charge in [0.05, 0.1) is 0 Å². The lowest BCUT2D eigenvalue weighted by molar-refractivity contribution is -0.196. The predicted molar refractivity (Wildman–Crippen MR) is 92.1 cm³/mol. The van der Waals surface area contributed by atoms with Gasteiger partial charge in [-0.05, 0) is 32.8 Å². The van der Waals surface area contributed by atoms with Gasteiger partial charge in [0.15, 0.2) is 0 Å². The summed E-state index contributed by atoms with van der Waals surface area (Å²) in [6, 6.07) is 8.34. The fourth-order valence-electron chi connectivity index (χ4n) is 2.10. The molecule has 7 nitrogen and oxygen atoms in total. The summed E-state index contributed by atoms with van der Waals surface area (Å²) in [7, 11) is 1.46. The Kier molecular flexibility index (Phi) is 8.07. The number of carbonyl (C=O) groups is 3. The van der Waals surface area contributed by atoms with Crippen molar-refractivity contribution in [1.29, 1.82) is 0 Å². The van der Waals surface area contributed by atoms with Crippen LogP contribution in [0.2, 0.25) is 0 Å². The van der Waals surface area contributed by atoms with E-state index in [1.165, 1.54) is 7.05 Å². The second kappa shape index (κ2) is 9.78. The Morgan fingerprint density at radius 1 is 1.24 bits per heavy atom. The lowest BCUT2D eigenvalue weighted by Gasteiger charge is -2.26. The predicted octanol–water partition coefficient (Wildman–Crippen LogP) is 1.81. The molecule has 1 N–H and O–H groups in total. The first-order valence-corrected chi connectivity index (χ1v) is 8.10. The number of esters is 1. The molecule has 0 saturated carbocycles. The van der Waals surface area contributed by atoms with Gasteiger partial charge in [0.2, 0.25) is 12.3 Å². The van der Waals surface area contributed by atoms with Gasteiger partial charge in [-0.2, -0.15) is 0 Å². The summed E-state index contributed by atoms with van der Waals surface area (Å²) in [5, 5.41) is 3.42. The Morgan fingerprint density at radius 2 is 1.88 bits per heavy atom. The molecule has 138 valence electrons. The second-order valence-corrected chi connectivity index (χ2v) is 6.48. The van der Waals surface area contributed by atoms with Crippen LogP contribution in [0.15, 0.2) is 30.3 Å². The standard InChI is InChI=1S/C18H26N2O5/c1-18(2,3)25-16(22)11-10-15(17(23)19-4)20(13-21)24-12-14-8-6-5-7-9-14/h5-9,13,15H,10-12H2,1-4H3,(H,19,23). The van der Waals surface area contributed by atoms with E-state index in [9.17, 15) is 14.4 Å². The van der Waals surface area contributed by atoms with Crippen LogP contribution in [0.25, 0.3) is 0 Å². The van der Waals surface area contributed by atoms with E-state index in [-0.39, 0.29) is 19.4 Å². The zero-order valence-corrected chi connectivity index (χ0v) is 15.2. The normalized spacial score (nSPS) is 12.2. The number of amides is 2. The number of ether oxygens (including phenoxy) is 1. The van der Waals surface area contributed by atoms with Crippen LogP contribution in [0.3, 0.4) is 0 Å². The molecule has 1 rings (SSSR count). The van der Waals surface area contributed by atoms with Gasteiger partial charge in [-0.1, -0.05) is 30.3 Å². The average Bonchev–Trinajstić information content (AvgIpc) is 2.56. The monoisotopic (exact) mass is 350 g/mol. The van der Waals surface area contributed by atoms with E-state index in [2.05, 4.69) is 5.32 Å². The van der Waals surface area contributed by atoms with Crippen LogP contribution in [-0.2, 0) is 30.6 Å². The van der Waals surface area contributed by atoms with E-state index in [0.717, 1.165) is 10.6 Å². The average molecular weight is 350 g/mol. The van der Waals surface area contributed by atoms with E-state index in [4.69, 9.17) is 9.57 Å². The molecule has 0 aliphatic heterocycles. The summed E-state index contributed by atoms with van der Waals surface area (Å²) in [5.41, 5.74) is 0.255. The number of likely N-dealkylation sites (N-methyl/N-ethyl adjacent to an activating group) is 1. The zero-order valence-electron chi connectivity index (χ0n) is 15.2. The zero-order chi connectivity index (χ0) is 18.9. The maximum absolute atomic E-state index is 12.1. The van der Waals surface area contributed by atoms with Gasteiger partial charge >= 0.3 is 5.97 Å². The van der Waals surface area contributed by atoms with Crippen molar-refractivity contribution in [2.45, 2.75) is 51.9 Å². The van der Waals surface area contributed by atoms with E-state index in [1.54, 1.807) is 20.8 Å². The number of carbonyl (C=O) groups excluding carboxylic acids is 3. The first kappa shape index (κ1) is 20.6. The van der Waals surface area contributed by atoms with Gasteiger partial charge in [0.25, 0.3) is 0 Å². The summed E-state index contributed by atoms with van der Waals surface area (Å²) < 4.78 is 5.23. The largest absolute Gasteiger partial charge is 0.460 e. The molecule has 1 unspecified atom stereocenters. The van der Waals surface area contributed by atoms with Crippen molar-refractivity contribution in [3.63, 3.8) is 0 Å². The molecule has 1 aromatic carbocycles. The third-order valence-corrected chi connectivity index (χ3v) is 3.23. The SMILES string of the molecule is CNC(=O)C(CCC(=O)OC(C)(C)C)N(C=O)OCc1ccccc1. The van der Waals surface area contributed by atoms with E-state index in [1.807, 2.05) is 30.3 Å². The Bertz CT molecular complexity index is 569.